The summed E-state index contributed by atoms with van der Waals surface area (Å²) in [5.74, 6) is -2.21. The molecular weight excluding hydrogens is 365 g/mol. The largest absolute Gasteiger partial charge is 0.481 e. The van der Waals surface area contributed by atoms with Gasteiger partial charge in [0.05, 0.1) is 18.2 Å². The average Bonchev–Trinajstić information content (AvgIpc) is 3.03. The number of aryl methyl sites for hydroxylation is 1. The summed E-state index contributed by atoms with van der Waals surface area (Å²) in [6.45, 7) is 1.63. The van der Waals surface area contributed by atoms with Crippen molar-refractivity contribution in [1.82, 2.24) is 15.1 Å². The van der Waals surface area contributed by atoms with Crippen molar-refractivity contribution >= 4 is 11.9 Å². The van der Waals surface area contributed by atoms with Crippen molar-refractivity contribution in [3.8, 4) is 5.69 Å². The molecule has 0 aliphatic rings. The second-order valence-corrected chi connectivity index (χ2v) is 6.30. The lowest BCUT2D eigenvalue weighted by molar-refractivity contribution is -0.137. The average molecular weight is 383 g/mol. The highest BCUT2D eigenvalue weighted by Gasteiger charge is 2.22. The number of carboxylic acids is 1. The number of rotatable bonds is 6. The Bertz CT molecular complexity index is 1070. The molecule has 0 aliphatic heterocycles. The third-order valence-electron chi connectivity index (χ3n) is 4.27. The summed E-state index contributed by atoms with van der Waals surface area (Å²) >= 11 is 0. The molecule has 0 fully saturated rings. The zero-order valence-corrected chi connectivity index (χ0v) is 15.0. The number of H-pyrrole nitrogens is 1. The van der Waals surface area contributed by atoms with Crippen LogP contribution in [0.15, 0.2) is 59.4 Å². The van der Waals surface area contributed by atoms with Crippen molar-refractivity contribution in [3.05, 3.63) is 87.6 Å². The molecule has 0 saturated carbocycles. The Hall–Kier alpha value is -3.68. The smallest absolute Gasteiger partial charge is 0.305 e. The lowest BCUT2D eigenvalue weighted by Gasteiger charge is -2.19. The number of para-hydroxylation sites is 1. The maximum absolute atomic E-state index is 13.4. The Morgan fingerprint density at radius 2 is 1.89 bits per heavy atom. The van der Waals surface area contributed by atoms with Crippen LogP contribution in [0.3, 0.4) is 0 Å². The highest BCUT2D eigenvalue weighted by atomic mass is 19.1. The van der Waals surface area contributed by atoms with Crippen molar-refractivity contribution in [2.75, 3.05) is 0 Å². The Balaban J connectivity index is 1.88. The van der Waals surface area contributed by atoms with Crippen LogP contribution in [0.4, 0.5) is 4.39 Å². The highest BCUT2D eigenvalue weighted by Crippen LogP contribution is 2.22. The summed E-state index contributed by atoms with van der Waals surface area (Å²) in [5, 5.41) is 14.5. The number of aliphatic carboxylic acids is 1. The zero-order chi connectivity index (χ0) is 20.3. The minimum Gasteiger partial charge on any atom is -0.481 e. The topological polar surface area (TPSA) is 104 Å². The molecule has 1 aromatic heterocycles. The molecule has 28 heavy (non-hydrogen) atoms. The van der Waals surface area contributed by atoms with Gasteiger partial charge in [-0.3, -0.25) is 19.5 Å². The van der Waals surface area contributed by atoms with E-state index in [0.29, 0.717) is 16.8 Å². The number of hydrogen-bond donors (Lipinski definition) is 3. The van der Waals surface area contributed by atoms with Crippen LogP contribution >= 0.6 is 0 Å². The minimum atomic E-state index is -1.12. The van der Waals surface area contributed by atoms with Gasteiger partial charge in [0, 0.05) is 6.07 Å². The van der Waals surface area contributed by atoms with Gasteiger partial charge < -0.3 is 10.4 Å². The van der Waals surface area contributed by atoms with Gasteiger partial charge in [-0.1, -0.05) is 24.3 Å². The monoisotopic (exact) mass is 383 g/mol. The number of aromatic nitrogens is 2. The first-order chi connectivity index (χ1) is 13.3. The molecule has 3 rings (SSSR count). The number of aromatic amines is 1. The van der Waals surface area contributed by atoms with E-state index >= 15 is 0 Å². The molecule has 0 radical (unpaired) electrons. The van der Waals surface area contributed by atoms with Crippen LogP contribution in [-0.2, 0) is 4.79 Å². The zero-order valence-electron chi connectivity index (χ0n) is 15.0. The summed E-state index contributed by atoms with van der Waals surface area (Å²) in [6, 6.07) is 12.9. The molecule has 3 aromatic rings. The lowest BCUT2D eigenvalue weighted by atomic mass is 9.98. The SMILES string of the molecule is Cc1cc(F)ccc1C(CC(=O)O)NC(=O)c1cc(=O)n(-c2ccccc2)[nH]1. The molecule has 1 heterocycles. The highest BCUT2D eigenvalue weighted by molar-refractivity contribution is 5.92. The Labute approximate surface area is 159 Å². The first-order valence-electron chi connectivity index (χ1n) is 8.51. The number of hydrogen-bond acceptors (Lipinski definition) is 3. The van der Waals surface area contributed by atoms with E-state index in [1.165, 1.54) is 22.9 Å². The van der Waals surface area contributed by atoms with E-state index < -0.39 is 29.3 Å². The summed E-state index contributed by atoms with van der Waals surface area (Å²) in [5.41, 5.74) is 1.13. The normalized spacial score (nSPS) is 11.8. The van der Waals surface area contributed by atoms with Crippen LogP contribution in [0.5, 0.6) is 0 Å². The van der Waals surface area contributed by atoms with Crippen LogP contribution in [-0.4, -0.2) is 26.8 Å². The summed E-state index contributed by atoms with van der Waals surface area (Å²) in [6.07, 6.45) is -0.387. The van der Waals surface area contributed by atoms with Crippen molar-refractivity contribution in [2.45, 2.75) is 19.4 Å². The summed E-state index contributed by atoms with van der Waals surface area (Å²) in [7, 11) is 0. The van der Waals surface area contributed by atoms with Crippen LogP contribution in [0.25, 0.3) is 5.69 Å². The Morgan fingerprint density at radius 1 is 1.18 bits per heavy atom. The number of amides is 1. The maximum atomic E-state index is 13.4. The van der Waals surface area contributed by atoms with Gasteiger partial charge in [0.1, 0.15) is 11.5 Å². The third kappa shape index (κ3) is 4.17. The predicted octanol–water partition coefficient (Wildman–Crippen LogP) is 2.56. The van der Waals surface area contributed by atoms with E-state index in [2.05, 4.69) is 10.4 Å². The van der Waals surface area contributed by atoms with Gasteiger partial charge in [-0.2, -0.15) is 0 Å². The second kappa shape index (κ2) is 7.91. The van der Waals surface area contributed by atoms with Crippen LogP contribution in [0.1, 0.15) is 34.1 Å². The standard InChI is InChI=1S/C20H18FN3O4/c1-12-9-13(21)7-8-15(12)16(11-19(26)27)22-20(28)17-10-18(25)24(23-17)14-5-3-2-4-6-14/h2-10,16,23H,11H2,1H3,(H,22,28)(H,26,27). The van der Waals surface area contributed by atoms with Gasteiger partial charge in [-0.15, -0.1) is 0 Å². The predicted molar refractivity (Wildman–Crippen MR) is 100.0 cm³/mol. The van der Waals surface area contributed by atoms with E-state index in [1.54, 1.807) is 37.3 Å². The molecular formula is C20H18FN3O4. The van der Waals surface area contributed by atoms with Crippen molar-refractivity contribution in [1.29, 1.82) is 0 Å². The molecule has 1 atom stereocenters. The van der Waals surface area contributed by atoms with Gasteiger partial charge in [0.25, 0.3) is 11.5 Å². The second-order valence-electron chi connectivity index (χ2n) is 6.30. The van der Waals surface area contributed by atoms with Gasteiger partial charge in [0.2, 0.25) is 0 Å². The molecule has 144 valence electrons. The molecule has 1 amide bonds. The Morgan fingerprint density at radius 3 is 2.54 bits per heavy atom. The number of nitrogens with zero attached hydrogens (tertiary/aromatic N) is 1. The molecule has 0 saturated heterocycles. The van der Waals surface area contributed by atoms with Crippen molar-refractivity contribution in [3.63, 3.8) is 0 Å². The van der Waals surface area contributed by atoms with Gasteiger partial charge in [-0.25, -0.2) is 9.07 Å². The molecule has 8 heteroatoms. The number of carbonyl (C=O) groups is 2. The third-order valence-corrected chi connectivity index (χ3v) is 4.27. The summed E-state index contributed by atoms with van der Waals surface area (Å²) < 4.78 is 14.6. The fraction of sp³-hybridized carbons (Fsp3) is 0.150. The van der Waals surface area contributed by atoms with Crippen molar-refractivity contribution < 1.29 is 19.1 Å². The molecule has 7 nitrogen and oxygen atoms in total. The van der Waals surface area contributed by atoms with E-state index in [-0.39, 0.29) is 12.1 Å². The van der Waals surface area contributed by atoms with Crippen molar-refractivity contribution in [2.24, 2.45) is 0 Å². The first kappa shape index (κ1) is 19.1. The summed E-state index contributed by atoms with van der Waals surface area (Å²) in [4.78, 5) is 36.0. The minimum absolute atomic E-state index is 0.0102. The van der Waals surface area contributed by atoms with Crippen LogP contribution < -0.4 is 10.9 Å². The van der Waals surface area contributed by atoms with E-state index in [1.807, 2.05) is 0 Å². The molecule has 3 N–H and O–H groups in total. The fourth-order valence-electron chi connectivity index (χ4n) is 2.96. The molecule has 0 bridgehead atoms. The van der Waals surface area contributed by atoms with Crippen LogP contribution in [0, 0.1) is 12.7 Å². The molecule has 1 unspecified atom stereocenters. The van der Waals surface area contributed by atoms with E-state index in [4.69, 9.17) is 0 Å². The lowest BCUT2D eigenvalue weighted by Crippen LogP contribution is -2.31. The van der Waals surface area contributed by atoms with Gasteiger partial charge in [0.15, 0.2) is 0 Å². The quantitative estimate of drug-likeness (QED) is 0.608. The molecule has 0 aliphatic carbocycles. The van der Waals surface area contributed by atoms with E-state index in [9.17, 15) is 23.9 Å². The molecule has 0 spiro atoms. The fourth-order valence-corrected chi connectivity index (χ4v) is 2.96. The maximum Gasteiger partial charge on any atom is 0.305 e. The van der Waals surface area contributed by atoms with Crippen LogP contribution in [0.2, 0.25) is 0 Å². The number of nitrogens with one attached hydrogen (secondary N) is 2. The number of carbonyl (C=O) groups excluding carboxylic acids is 1. The number of halogens is 1. The number of benzene rings is 2. The van der Waals surface area contributed by atoms with Gasteiger partial charge in [-0.05, 0) is 42.3 Å². The van der Waals surface area contributed by atoms with E-state index in [0.717, 1.165) is 6.07 Å². The Kier molecular flexibility index (Phi) is 5.39. The number of carboxylic acid groups (broad SMARTS) is 1. The van der Waals surface area contributed by atoms with Gasteiger partial charge >= 0.3 is 5.97 Å². The first-order valence-corrected chi connectivity index (χ1v) is 8.51. The molecule has 2 aromatic carbocycles.